The van der Waals surface area contributed by atoms with Gasteiger partial charge in [0.1, 0.15) is 12.4 Å². The molecule has 1 unspecified atom stereocenters. The Labute approximate surface area is 143 Å². The fraction of sp³-hybridized carbons (Fsp3) is 0.350. The number of carbonyl (C=O) groups is 1. The van der Waals surface area contributed by atoms with Gasteiger partial charge in [0.2, 0.25) is 0 Å². The highest BCUT2D eigenvalue weighted by Crippen LogP contribution is 2.37. The van der Waals surface area contributed by atoms with E-state index in [1.54, 1.807) is 7.05 Å². The molecule has 126 valence electrons. The van der Waals surface area contributed by atoms with Crippen molar-refractivity contribution < 1.29 is 14.3 Å². The zero-order valence-electron chi connectivity index (χ0n) is 14.4. The van der Waals surface area contributed by atoms with Crippen molar-refractivity contribution in [3.8, 4) is 5.75 Å². The number of para-hydroxylation sites is 1. The standard InChI is InChI=1S/C20H23NO3/c1-14(2)17-11-7-10-16-12-18(24-19(16)17)21(3)20(22)23-13-15-8-5-4-6-9-15/h4-11,14,18H,12-13H2,1-3H3. The molecule has 0 saturated heterocycles. The summed E-state index contributed by atoms with van der Waals surface area (Å²) in [5.41, 5.74) is 3.30. The molecule has 24 heavy (non-hydrogen) atoms. The van der Waals surface area contributed by atoms with E-state index in [4.69, 9.17) is 9.47 Å². The number of carbonyl (C=O) groups excluding carboxylic acids is 1. The van der Waals surface area contributed by atoms with Gasteiger partial charge in [0.05, 0.1) is 0 Å². The van der Waals surface area contributed by atoms with E-state index in [1.165, 1.54) is 10.5 Å². The molecule has 0 N–H and O–H groups in total. The van der Waals surface area contributed by atoms with Crippen molar-refractivity contribution in [1.29, 1.82) is 0 Å². The SMILES string of the molecule is CC(C)c1cccc2c1OC(N(C)C(=O)OCc1ccccc1)C2. The highest BCUT2D eigenvalue weighted by molar-refractivity contribution is 5.68. The minimum absolute atomic E-state index is 0.265. The van der Waals surface area contributed by atoms with E-state index in [1.807, 2.05) is 36.4 Å². The Hall–Kier alpha value is -2.49. The van der Waals surface area contributed by atoms with Gasteiger partial charge in [-0.15, -0.1) is 0 Å². The van der Waals surface area contributed by atoms with Crippen LogP contribution in [-0.4, -0.2) is 24.3 Å². The Balaban J connectivity index is 1.63. The Morgan fingerprint density at radius 1 is 1.21 bits per heavy atom. The Morgan fingerprint density at radius 3 is 2.67 bits per heavy atom. The summed E-state index contributed by atoms with van der Waals surface area (Å²) in [6.07, 6.45) is -0.00162. The molecule has 0 bridgehead atoms. The molecular formula is C20H23NO3. The lowest BCUT2D eigenvalue weighted by atomic mass is 9.99. The molecule has 0 aromatic heterocycles. The summed E-state index contributed by atoms with van der Waals surface area (Å²) in [4.78, 5) is 13.8. The van der Waals surface area contributed by atoms with Crippen molar-refractivity contribution in [2.45, 2.75) is 39.0 Å². The first-order chi connectivity index (χ1) is 11.6. The molecule has 1 aliphatic rings. The highest BCUT2D eigenvalue weighted by atomic mass is 16.6. The lowest BCUT2D eigenvalue weighted by molar-refractivity contribution is 0.0370. The molecule has 2 aromatic rings. The largest absolute Gasteiger partial charge is 0.469 e. The predicted octanol–water partition coefficient (Wildman–Crippen LogP) is 4.34. The molecule has 2 aromatic carbocycles. The molecular weight excluding hydrogens is 302 g/mol. The van der Waals surface area contributed by atoms with E-state index in [0.29, 0.717) is 12.3 Å². The van der Waals surface area contributed by atoms with Crippen LogP contribution in [0.3, 0.4) is 0 Å². The van der Waals surface area contributed by atoms with E-state index in [2.05, 4.69) is 26.0 Å². The van der Waals surface area contributed by atoms with Gasteiger partial charge in [-0.1, -0.05) is 62.4 Å². The van der Waals surface area contributed by atoms with Crippen LogP contribution in [0.25, 0.3) is 0 Å². The number of ether oxygens (including phenoxy) is 2. The van der Waals surface area contributed by atoms with Gasteiger partial charge in [0.15, 0.2) is 6.23 Å². The summed E-state index contributed by atoms with van der Waals surface area (Å²) in [7, 11) is 1.72. The molecule has 0 aliphatic carbocycles. The average Bonchev–Trinajstić information content (AvgIpc) is 3.03. The van der Waals surface area contributed by atoms with Gasteiger partial charge in [-0.2, -0.15) is 0 Å². The highest BCUT2D eigenvalue weighted by Gasteiger charge is 2.31. The molecule has 0 saturated carbocycles. The summed E-state index contributed by atoms with van der Waals surface area (Å²) < 4.78 is 11.4. The van der Waals surface area contributed by atoms with E-state index in [-0.39, 0.29) is 18.9 Å². The number of amides is 1. The molecule has 4 nitrogen and oxygen atoms in total. The van der Waals surface area contributed by atoms with Crippen molar-refractivity contribution in [1.82, 2.24) is 4.90 Å². The Kier molecular flexibility index (Phi) is 4.74. The zero-order chi connectivity index (χ0) is 17.1. The van der Waals surface area contributed by atoms with Crippen LogP contribution in [0.2, 0.25) is 0 Å². The maximum atomic E-state index is 12.3. The van der Waals surface area contributed by atoms with Gasteiger partial charge in [-0.25, -0.2) is 4.79 Å². The van der Waals surface area contributed by atoms with Gasteiger partial charge in [0.25, 0.3) is 0 Å². The summed E-state index contributed by atoms with van der Waals surface area (Å²) >= 11 is 0. The van der Waals surface area contributed by atoms with Crippen LogP contribution in [-0.2, 0) is 17.8 Å². The van der Waals surface area contributed by atoms with Crippen LogP contribution in [0.4, 0.5) is 4.79 Å². The van der Waals surface area contributed by atoms with Crippen LogP contribution in [0.15, 0.2) is 48.5 Å². The molecule has 1 aliphatic heterocycles. The van der Waals surface area contributed by atoms with E-state index < -0.39 is 0 Å². The zero-order valence-corrected chi connectivity index (χ0v) is 14.4. The molecule has 3 rings (SSSR count). The Morgan fingerprint density at radius 2 is 1.96 bits per heavy atom. The molecule has 1 amide bonds. The number of rotatable bonds is 4. The number of hydrogen-bond donors (Lipinski definition) is 0. The Bertz CT molecular complexity index is 712. The van der Waals surface area contributed by atoms with Crippen LogP contribution in [0.1, 0.15) is 36.5 Å². The summed E-state index contributed by atoms with van der Waals surface area (Å²) in [5.74, 6) is 1.30. The molecule has 1 heterocycles. The summed E-state index contributed by atoms with van der Waals surface area (Å²) in [6, 6.07) is 15.9. The van der Waals surface area contributed by atoms with Gasteiger partial charge < -0.3 is 9.47 Å². The van der Waals surface area contributed by atoms with Gasteiger partial charge in [-0.3, -0.25) is 4.90 Å². The van der Waals surface area contributed by atoms with Crippen LogP contribution in [0, 0.1) is 0 Å². The monoisotopic (exact) mass is 325 g/mol. The third-order valence-corrected chi connectivity index (χ3v) is 4.32. The fourth-order valence-electron chi connectivity index (χ4n) is 2.88. The number of likely N-dealkylation sites (N-methyl/N-ethyl adjacent to an activating group) is 1. The lowest BCUT2D eigenvalue weighted by Crippen LogP contribution is -2.40. The van der Waals surface area contributed by atoms with Gasteiger partial charge in [-0.05, 0) is 17.0 Å². The van der Waals surface area contributed by atoms with Crippen LogP contribution in [0.5, 0.6) is 5.75 Å². The predicted molar refractivity (Wildman–Crippen MR) is 93.0 cm³/mol. The molecule has 1 atom stereocenters. The number of benzene rings is 2. The number of hydrogen-bond acceptors (Lipinski definition) is 3. The topological polar surface area (TPSA) is 38.8 Å². The van der Waals surface area contributed by atoms with Crippen molar-refractivity contribution >= 4 is 6.09 Å². The van der Waals surface area contributed by atoms with E-state index >= 15 is 0 Å². The molecule has 0 spiro atoms. The minimum atomic E-state index is -0.372. The third kappa shape index (κ3) is 3.37. The number of nitrogens with zero attached hydrogens (tertiary/aromatic N) is 1. The van der Waals surface area contributed by atoms with Crippen LogP contribution < -0.4 is 4.74 Å². The number of fused-ring (bicyclic) bond motifs is 1. The third-order valence-electron chi connectivity index (χ3n) is 4.32. The normalized spacial score (nSPS) is 15.8. The second-order valence-electron chi connectivity index (χ2n) is 6.42. The van der Waals surface area contributed by atoms with Crippen molar-refractivity contribution in [3.05, 3.63) is 65.2 Å². The first kappa shape index (κ1) is 16.4. The maximum Gasteiger partial charge on any atom is 0.412 e. The molecule has 0 fully saturated rings. The maximum absolute atomic E-state index is 12.3. The summed E-state index contributed by atoms with van der Waals surface area (Å²) in [5, 5.41) is 0. The van der Waals surface area contributed by atoms with Crippen molar-refractivity contribution in [2.24, 2.45) is 0 Å². The molecule has 0 radical (unpaired) electrons. The van der Waals surface area contributed by atoms with Crippen LogP contribution >= 0.6 is 0 Å². The van der Waals surface area contributed by atoms with Crippen molar-refractivity contribution in [2.75, 3.05) is 7.05 Å². The fourth-order valence-corrected chi connectivity index (χ4v) is 2.88. The first-order valence-corrected chi connectivity index (χ1v) is 8.28. The average molecular weight is 325 g/mol. The second kappa shape index (κ2) is 6.95. The van der Waals surface area contributed by atoms with Crippen molar-refractivity contribution in [3.63, 3.8) is 0 Å². The lowest BCUT2D eigenvalue weighted by Gasteiger charge is -2.23. The van der Waals surface area contributed by atoms with E-state index in [9.17, 15) is 4.79 Å². The quantitative estimate of drug-likeness (QED) is 0.839. The second-order valence-corrected chi connectivity index (χ2v) is 6.42. The first-order valence-electron chi connectivity index (χ1n) is 8.28. The minimum Gasteiger partial charge on any atom is -0.469 e. The summed E-state index contributed by atoms with van der Waals surface area (Å²) in [6.45, 7) is 4.55. The van der Waals surface area contributed by atoms with Gasteiger partial charge in [0, 0.05) is 19.0 Å². The van der Waals surface area contributed by atoms with Gasteiger partial charge >= 0.3 is 6.09 Å². The molecule has 4 heteroatoms. The van der Waals surface area contributed by atoms with E-state index in [0.717, 1.165) is 16.9 Å². The smallest absolute Gasteiger partial charge is 0.412 e.